The second kappa shape index (κ2) is 6.02. The average molecular weight is 399 g/mol. The molecule has 2 amide bonds. The Bertz CT molecular complexity index is 677. The van der Waals surface area contributed by atoms with E-state index in [2.05, 4.69) is 15.9 Å². The Kier molecular flexibility index (Phi) is 4.32. The van der Waals surface area contributed by atoms with Crippen molar-refractivity contribution in [2.24, 2.45) is 0 Å². The van der Waals surface area contributed by atoms with E-state index >= 15 is 0 Å². The molecule has 7 heteroatoms. The first-order valence-corrected chi connectivity index (χ1v) is 8.70. The standard InChI is InChI=1S/C17H20BrFN2O3/c1-17(2,3)24-16(23)20-8-11-7-12(9-20)21(11)15(22)10-4-5-13(18)14(19)6-10/h4-6,11-12H,7-9H2,1-3H3/t11-,12+. The molecule has 0 aromatic heterocycles. The van der Waals surface area contributed by atoms with Crippen molar-refractivity contribution < 1.29 is 18.7 Å². The van der Waals surface area contributed by atoms with Gasteiger partial charge in [0.15, 0.2) is 0 Å². The molecule has 0 spiro atoms. The number of rotatable bonds is 1. The molecule has 3 heterocycles. The van der Waals surface area contributed by atoms with Crippen molar-refractivity contribution in [2.45, 2.75) is 44.9 Å². The average Bonchev–Trinajstić information content (AvgIpc) is 2.48. The minimum absolute atomic E-state index is 0.0320. The van der Waals surface area contributed by atoms with Crippen LogP contribution in [0.5, 0.6) is 0 Å². The molecule has 2 atom stereocenters. The van der Waals surface area contributed by atoms with E-state index in [1.807, 2.05) is 20.8 Å². The predicted octanol–water partition coefficient (Wildman–Crippen LogP) is 3.42. The van der Waals surface area contributed by atoms with Crippen molar-refractivity contribution >= 4 is 27.9 Å². The Morgan fingerprint density at radius 1 is 1.25 bits per heavy atom. The topological polar surface area (TPSA) is 49.9 Å². The fourth-order valence-electron chi connectivity index (χ4n) is 3.20. The highest BCUT2D eigenvalue weighted by Gasteiger charge is 2.49. The number of carbonyl (C=O) groups excluding carboxylic acids is 2. The Labute approximate surface area is 148 Å². The first-order valence-electron chi connectivity index (χ1n) is 7.91. The van der Waals surface area contributed by atoms with E-state index in [0.29, 0.717) is 23.1 Å². The lowest BCUT2D eigenvalue weighted by molar-refractivity contribution is -0.0558. The number of halogens is 2. The Balaban J connectivity index is 1.66. The van der Waals surface area contributed by atoms with E-state index < -0.39 is 11.4 Å². The van der Waals surface area contributed by atoms with Crippen LogP contribution >= 0.6 is 15.9 Å². The largest absolute Gasteiger partial charge is 0.444 e. The Morgan fingerprint density at radius 3 is 2.42 bits per heavy atom. The lowest BCUT2D eigenvalue weighted by atomic mass is 9.86. The van der Waals surface area contributed by atoms with Crippen molar-refractivity contribution in [1.29, 1.82) is 0 Å². The summed E-state index contributed by atoms with van der Waals surface area (Å²) < 4.78 is 19.4. The normalized spacial score (nSPS) is 22.9. The number of amides is 2. The molecule has 4 rings (SSSR count). The van der Waals surface area contributed by atoms with Gasteiger partial charge in [-0.25, -0.2) is 9.18 Å². The number of carbonyl (C=O) groups is 2. The number of piperidine rings is 1. The quantitative estimate of drug-likeness (QED) is 0.727. The number of hydrogen-bond acceptors (Lipinski definition) is 3. The molecule has 5 nitrogen and oxygen atoms in total. The molecule has 24 heavy (non-hydrogen) atoms. The van der Waals surface area contributed by atoms with Crippen molar-refractivity contribution in [3.8, 4) is 0 Å². The Hall–Kier alpha value is -1.63. The second-order valence-corrected chi connectivity index (χ2v) is 8.12. The molecule has 3 aliphatic heterocycles. The van der Waals surface area contributed by atoms with Gasteiger partial charge in [-0.05, 0) is 61.3 Å². The number of benzene rings is 1. The van der Waals surface area contributed by atoms with Gasteiger partial charge in [-0.3, -0.25) is 4.79 Å². The van der Waals surface area contributed by atoms with Crippen LogP contribution in [0.25, 0.3) is 0 Å². The minimum atomic E-state index is -0.539. The summed E-state index contributed by atoms with van der Waals surface area (Å²) in [6.07, 6.45) is 0.517. The first kappa shape index (κ1) is 17.2. The molecule has 0 aliphatic carbocycles. The summed E-state index contributed by atoms with van der Waals surface area (Å²) in [6.45, 7) is 6.39. The van der Waals surface area contributed by atoms with E-state index in [1.165, 1.54) is 12.1 Å². The Morgan fingerprint density at radius 2 is 1.88 bits per heavy atom. The molecule has 1 aromatic rings. The summed E-state index contributed by atoms with van der Waals surface area (Å²) in [4.78, 5) is 28.2. The maximum atomic E-state index is 13.7. The molecule has 0 unspecified atom stereocenters. The van der Waals surface area contributed by atoms with Crippen molar-refractivity contribution in [1.82, 2.24) is 9.80 Å². The predicted molar refractivity (Wildman–Crippen MR) is 90.3 cm³/mol. The monoisotopic (exact) mass is 398 g/mol. The summed E-state index contributed by atoms with van der Waals surface area (Å²) in [5.74, 6) is -0.645. The SMILES string of the molecule is CC(C)(C)OC(=O)N1C[C@H]2C[C@@H](C1)N2C(=O)c1ccc(Br)c(F)c1. The molecule has 0 saturated carbocycles. The van der Waals surface area contributed by atoms with Crippen LogP contribution in [0.2, 0.25) is 0 Å². The van der Waals surface area contributed by atoms with Crippen molar-refractivity contribution in [2.75, 3.05) is 13.1 Å². The summed E-state index contributed by atoms with van der Waals surface area (Å²) in [6, 6.07) is 4.32. The highest BCUT2D eigenvalue weighted by Crippen LogP contribution is 2.34. The summed E-state index contributed by atoms with van der Waals surface area (Å²) in [7, 11) is 0. The zero-order valence-electron chi connectivity index (χ0n) is 13.9. The van der Waals surface area contributed by atoms with E-state index in [-0.39, 0.29) is 24.1 Å². The van der Waals surface area contributed by atoms with Crippen LogP contribution in [0, 0.1) is 5.82 Å². The molecule has 3 fully saturated rings. The fourth-order valence-corrected chi connectivity index (χ4v) is 3.44. The van der Waals surface area contributed by atoms with E-state index in [0.717, 1.165) is 6.42 Å². The van der Waals surface area contributed by atoms with Crippen LogP contribution in [0.1, 0.15) is 37.6 Å². The van der Waals surface area contributed by atoms with Crippen molar-refractivity contribution in [3.63, 3.8) is 0 Å². The van der Waals surface area contributed by atoms with Crippen molar-refractivity contribution in [3.05, 3.63) is 34.1 Å². The summed E-state index contributed by atoms with van der Waals surface area (Å²) >= 11 is 3.08. The molecule has 0 N–H and O–H groups in total. The number of piperazine rings is 1. The second-order valence-electron chi connectivity index (χ2n) is 7.27. The molecule has 2 bridgehead atoms. The van der Waals surface area contributed by atoms with Gasteiger partial charge in [0, 0.05) is 18.7 Å². The summed E-state index contributed by atoms with van der Waals surface area (Å²) in [5.41, 5.74) is -0.209. The number of nitrogens with zero attached hydrogens (tertiary/aromatic N) is 2. The van der Waals surface area contributed by atoms with Gasteiger partial charge in [0.05, 0.1) is 16.6 Å². The maximum Gasteiger partial charge on any atom is 0.410 e. The lowest BCUT2D eigenvalue weighted by Crippen LogP contribution is -2.71. The van der Waals surface area contributed by atoms with E-state index in [1.54, 1.807) is 15.9 Å². The van der Waals surface area contributed by atoms with Crippen LogP contribution < -0.4 is 0 Å². The van der Waals surface area contributed by atoms with E-state index in [9.17, 15) is 14.0 Å². The van der Waals surface area contributed by atoms with Gasteiger partial charge in [0.2, 0.25) is 0 Å². The molecule has 3 saturated heterocycles. The molecule has 3 aliphatic rings. The van der Waals surface area contributed by atoms with Gasteiger partial charge >= 0.3 is 6.09 Å². The first-order chi connectivity index (χ1) is 11.2. The third-order valence-electron chi connectivity index (χ3n) is 4.25. The molecule has 130 valence electrons. The minimum Gasteiger partial charge on any atom is -0.444 e. The lowest BCUT2D eigenvalue weighted by Gasteiger charge is -2.56. The maximum absolute atomic E-state index is 13.7. The van der Waals surface area contributed by atoms with Gasteiger partial charge < -0.3 is 14.5 Å². The molecular formula is C17H20BrFN2O3. The number of hydrogen-bond donors (Lipinski definition) is 0. The highest BCUT2D eigenvalue weighted by atomic mass is 79.9. The zero-order valence-corrected chi connectivity index (χ0v) is 15.5. The van der Waals surface area contributed by atoms with Crippen LogP contribution in [-0.2, 0) is 4.74 Å². The zero-order chi connectivity index (χ0) is 17.6. The molecular weight excluding hydrogens is 379 g/mol. The smallest absolute Gasteiger partial charge is 0.410 e. The highest BCUT2D eigenvalue weighted by molar-refractivity contribution is 9.10. The molecule has 0 radical (unpaired) electrons. The van der Waals surface area contributed by atoms with Gasteiger partial charge in [-0.1, -0.05) is 0 Å². The van der Waals surface area contributed by atoms with E-state index in [4.69, 9.17) is 4.74 Å². The van der Waals surface area contributed by atoms with Gasteiger partial charge in [0.25, 0.3) is 5.91 Å². The van der Waals surface area contributed by atoms with Gasteiger partial charge in [0.1, 0.15) is 11.4 Å². The van der Waals surface area contributed by atoms with Gasteiger partial charge in [-0.15, -0.1) is 0 Å². The van der Waals surface area contributed by atoms with Crippen LogP contribution in [0.4, 0.5) is 9.18 Å². The number of ether oxygens (including phenoxy) is 1. The van der Waals surface area contributed by atoms with Crippen LogP contribution in [0.15, 0.2) is 22.7 Å². The summed E-state index contributed by atoms with van der Waals surface area (Å²) in [5, 5.41) is 0. The third-order valence-corrected chi connectivity index (χ3v) is 4.89. The van der Waals surface area contributed by atoms with Crippen LogP contribution in [-0.4, -0.2) is 52.6 Å². The van der Waals surface area contributed by atoms with Gasteiger partial charge in [-0.2, -0.15) is 0 Å². The fraction of sp³-hybridized carbons (Fsp3) is 0.529. The van der Waals surface area contributed by atoms with Crippen LogP contribution in [0.3, 0.4) is 0 Å². The third kappa shape index (κ3) is 3.27. The molecule has 1 aromatic carbocycles. The number of fused-ring (bicyclic) bond motifs is 2.